The van der Waals surface area contributed by atoms with Crippen LogP contribution in [-0.4, -0.2) is 70.9 Å². The van der Waals surface area contributed by atoms with Crippen LogP contribution in [0.5, 0.6) is 0 Å². The summed E-state index contributed by atoms with van der Waals surface area (Å²) in [4.78, 5) is 43.7. The van der Waals surface area contributed by atoms with E-state index >= 15 is 0 Å². The van der Waals surface area contributed by atoms with Gasteiger partial charge in [-0.05, 0) is 51.6 Å². The van der Waals surface area contributed by atoms with Crippen LogP contribution in [0.1, 0.15) is 51.5 Å². The zero-order valence-corrected chi connectivity index (χ0v) is 18.6. The van der Waals surface area contributed by atoms with Gasteiger partial charge in [-0.25, -0.2) is 4.79 Å². The fraction of sp³-hybridized carbons (Fsp3) is 0.625. The Hall–Kier alpha value is -2.41. The minimum Gasteiger partial charge on any atom is -0.445 e. The second-order valence-corrected chi connectivity index (χ2v) is 9.45. The number of piperidine rings is 2. The molecule has 0 aliphatic carbocycles. The van der Waals surface area contributed by atoms with Crippen LogP contribution in [0.4, 0.5) is 4.79 Å². The number of hydrogen-bond acceptors (Lipinski definition) is 5. The van der Waals surface area contributed by atoms with Crippen molar-refractivity contribution in [1.29, 1.82) is 0 Å². The van der Waals surface area contributed by atoms with E-state index in [1.165, 1.54) is 4.90 Å². The summed E-state index contributed by atoms with van der Waals surface area (Å²) < 4.78 is 5.47. The van der Waals surface area contributed by atoms with Crippen LogP contribution in [-0.2, 0) is 20.9 Å². The molecular formula is C24H33N3O4. The van der Waals surface area contributed by atoms with E-state index in [0.717, 1.165) is 37.8 Å². The number of amides is 3. The number of nitrogens with zero attached hydrogens (tertiary/aromatic N) is 3. The quantitative estimate of drug-likeness (QED) is 0.691. The summed E-state index contributed by atoms with van der Waals surface area (Å²) in [7, 11) is 0. The highest BCUT2D eigenvalue weighted by Crippen LogP contribution is 2.42. The molecule has 4 rings (SSSR count). The van der Waals surface area contributed by atoms with Crippen LogP contribution < -0.4 is 0 Å². The Labute approximate surface area is 184 Å². The molecule has 1 spiro atoms. The van der Waals surface area contributed by atoms with Gasteiger partial charge in [0.05, 0.1) is 5.41 Å². The lowest BCUT2D eigenvalue weighted by Crippen LogP contribution is -2.54. The highest BCUT2D eigenvalue weighted by molar-refractivity contribution is 6.06. The van der Waals surface area contributed by atoms with E-state index in [1.54, 1.807) is 4.90 Å². The lowest BCUT2D eigenvalue weighted by Gasteiger charge is -2.45. The average molecular weight is 428 g/mol. The van der Waals surface area contributed by atoms with Gasteiger partial charge in [0, 0.05) is 38.1 Å². The molecule has 1 aromatic carbocycles. The highest BCUT2D eigenvalue weighted by Gasteiger charge is 2.54. The molecule has 3 aliphatic rings. The third-order valence-corrected chi connectivity index (χ3v) is 7.00. The molecule has 168 valence electrons. The molecule has 3 fully saturated rings. The van der Waals surface area contributed by atoms with Gasteiger partial charge in [0.15, 0.2) is 0 Å². The van der Waals surface area contributed by atoms with Gasteiger partial charge in [0.1, 0.15) is 6.61 Å². The number of carbonyl (C=O) groups is 3. The summed E-state index contributed by atoms with van der Waals surface area (Å²) in [5, 5.41) is 0. The third-order valence-electron chi connectivity index (χ3n) is 7.00. The van der Waals surface area contributed by atoms with Gasteiger partial charge in [-0.2, -0.15) is 0 Å². The Morgan fingerprint density at radius 3 is 2.48 bits per heavy atom. The molecule has 3 amide bonds. The van der Waals surface area contributed by atoms with E-state index in [0.29, 0.717) is 32.1 Å². The van der Waals surface area contributed by atoms with Crippen molar-refractivity contribution in [1.82, 2.24) is 14.7 Å². The molecule has 0 bridgehead atoms. The first kappa shape index (κ1) is 21.8. The van der Waals surface area contributed by atoms with E-state index < -0.39 is 5.41 Å². The Morgan fingerprint density at radius 1 is 1.13 bits per heavy atom. The molecule has 7 nitrogen and oxygen atoms in total. The molecule has 31 heavy (non-hydrogen) atoms. The molecule has 0 N–H and O–H groups in total. The van der Waals surface area contributed by atoms with E-state index in [9.17, 15) is 14.4 Å². The van der Waals surface area contributed by atoms with Crippen LogP contribution in [0, 0.1) is 5.41 Å². The minimum absolute atomic E-state index is 0.0131. The first-order chi connectivity index (χ1) is 14.9. The summed E-state index contributed by atoms with van der Waals surface area (Å²) in [5.41, 5.74) is 0.432. The highest BCUT2D eigenvalue weighted by atomic mass is 16.6. The smallest absolute Gasteiger partial charge is 0.410 e. The molecular weight excluding hydrogens is 394 g/mol. The number of imide groups is 1. The molecule has 1 unspecified atom stereocenters. The zero-order valence-electron chi connectivity index (χ0n) is 18.6. The Bertz CT molecular complexity index is 819. The zero-order chi connectivity index (χ0) is 22.0. The second kappa shape index (κ2) is 8.99. The summed E-state index contributed by atoms with van der Waals surface area (Å²) in [6.45, 7) is 7.03. The van der Waals surface area contributed by atoms with Gasteiger partial charge in [0.2, 0.25) is 11.8 Å². The number of ether oxygens (including phenoxy) is 1. The fourth-order valence-electron chi connectivity index (χ4n) is 5.36. The molecule has 1 aromatic rings. The van der Waals surface area contributed by atoms with Crippen molar-refractivity contribution in [3.05, 3.63) is 35.9 Å². The van der Waals surface area contributed by atoms with Gasteiger partial charge in [-0.3, -0.25) is 19.4 Å². The number of likely N-dealkylation sites (tertiary alicyclic amines) is 3. The van der Waals surface area contributed by atoms with Crippen molar-refractivity contribution in [2.75, 3.05) is 26.2 Å². The maximum atomic E-state index is 13.1. The van der Waals surface area contributed by atoms with Crippen LogP contribution in [0.3, 0.4) is 0 Å². The fourth-order valence-corrected chi connectivity index (χ4v) is 5.36. The van der Waals surface area contributed by atoms with Gasteiger partial charge in [0.25, 0.3) is 0 Å². The molecule has 3 saturated heterocycles. The predicted molar refractivity (Wildman–Crippen MR) is 116 cm³/mol. The standard InChI is InChI=1S/C24H33N3O4/c1-18(2)27-21(28)15-24(22(27)29)11-6-12-26(17-24)20-9-13-25(14-10-20)23(30)31-16-19-7-4-3-5-8-19/h3-5,7-8,18,20H,6,9-17H2,1-2H3. The number of benzene rings is 1. The summed E-state index contributed by atoms with van der Waals surface area (Å²) in [6, 6.07) is 9.95. The first-order valence-corrected chi connectivity index (χ1v) is 11.5. The van der Waals surface area contributed by atoms with E-state index in [2.05, 4.69) is 4.90 Å². The molecule has 7 heteroatoms. The van der Waals surface area contributed by atoms with E-state index in [4.69, 9.17) is 4.74 Å². The molecule has 0 saturated carbocycles. The van der Waals surface area contributed by atoms with Crippen LogP contribution in [0.2, 0.25) is 0 Å². The predicted octanol–water partition coefficient (Wildman–Crippen LogP) is 3.04. The van der Waals surface area contributed by atoms with Gasteiger partial charge in [-0.1, -0.05) is 30.3 Å². The topological polar surface area (TPSA) is 70.2 Å². The Balaban J connectivity index is 1.30. The maximum absolute atomic E-state index is 13.1. The van der Waals surface area contributed by atoms with Crippen molar-refractivity contribution in [2.45, 2.75) is 64.6 Å². The lowest BCUT2D eigenvalue weighted by atomic mass is 9.77. The molecule has 0 aromatic heterocycles. The molecule has 3 aliphatic heterocycles. The molecule has 0 radical (unpaired) electrons. The van der Waals surface area contributed by atoms with Crippen LogP contribution >= 0.6 is 0 Å². The van der Waals surface area contributed by atoms with Gasteiger partial charge < -0.3 is 9.64 Å². The van der Waals surface area contributed by atoms with Gasteiger partial charge >= 0.3 is 6.09 Å². The van der Waals surface area contributed by atoms with Crippen molar-refractivity contribution in [3.63, 3.8) is 0 Å². The Morgan fingerprint density at radius 2 is 1.84 bits per heavy atom. The van der Waals surface area contributed by atoms with E-state index in [1.807, 2.05) is 44.2 Å². The van der Waals surface area contributed by atoms with Gasteiger partial charge in [-0.15, -0.1) is 0 Å². The van der Waals surface area contributed by atoms with Crippen molar-refractivity contribution >= 4 is 17.9 Å². The van der Waals surface area contributed by atoms with Crippen LogP contribution in [0.25, 0.3) is 0 Å². The monoisotopic (exact) mass is 427 g/mol. The Kier molecular flexibility index (Phi) is 6.32. The number of hydrogen-bond donors (Lipinski definition) is 0. The molecule has 3 heterocycles. The molecule has 1 atom stereocenters. The number of rotatable bonds is 4. The summed E-state index contributed by atoms with van der Waals surface area (Å²) in [6.07, 6.45) is 3.54. The number of carbonyl (C=O) groups excluding carboxylic acids is 3. The lowest BCUT2D eigenvalue weighted by molar-refractivity contribution is -0.145. The van der Waals surface area contributed by atoms with Crippen molar-refractivity contribution in [3.8, 4) is 0 Å². The SMILES string of the molecule is CC(C)N1C(=O)CC2(CCCN(C3CCN(C(=O)OCc4ccccc4)CC3)C2)C1=O. The summed E-state index contributed by atoms with van der Waals surface area (Å²) >= 11 is 0. The minimum atomic E-state index is -0.550. The summed E-state index contributed by atoms with van der Waals surface area (Å²) in [5.74, 6) is -0.0167. The second-order valence-electron chi connectivity index (χ2n) is 9.45. The van der Waals surface area contributed by atoms with Crippen molar-refractivity contribution in [2.24, 2.45) is 5.41 Å². The largest absolute Gasteiger partial charge is 0.445 e. The third kappa shape index (κ3) is 4.47. The average Bonchev–Trinajstić information content (AvgIpc) is 3.01. The van der Waals surface area contributed by atoms with E-state index in [-0.39, 0.29) is 30.6 Å². The first-order valence-electron chi connectivity index (χ1n) is 11.5. The van der Waals surface area contributed by atoms with Crippen molar-refractivity contribution < 1.29 is 19.1 Å². The maximum Gasteiger partial charge on any atom is 0.410 e. The normalized spacial score (nSPS) is 25.6. The van der Waals surface area contributed by atoms with Crippen LogP contribution in [0.15, 0.2) is 30.3 Å².